The van der Waals surface area contributed by atoms with Crippen LogP contribution in [0.3, 0.4) is 0 Å². The maximum absolute atomic E-state index is 12.4. The number of hydrogen-bond donors (Lipinski definition) is 1. The Morgan fingerprint density at radius 1 is 1.07 bits per heavy atom. The lowest BCUT2D eigenvalue weighted by Crippen LogP contribution is -2.28. The van der Waals surface area contributed by atoms with Crippen LogP contribution in [-0.4, -0.2) is 37.7 Å². The number of aromatic nitrogens is 4. The molecule has 10 heteroatoms. The van der Waals surface area contributed by atoms with E-state index < -0.39 is 5.91 Å². The van der Waals surface area contributed by atoms with Crippen molar-refractivity contribution in [2.45, 2.75) is 32.7 Å². The van der Waals surface area contributed by atoms with Gasteiger partial charge < -0.3 is 4.42 Å². The second kappa shape index (κ2) is 7.30. The van der Waals surface area contributed by atoms with E-state index in [1.165, 1.54) is 12.1 Å². The Balaban J connectivity index is 1.45. The molecule has 1 saturated heterocycles. The van der Waals surface area contributed by atoms with E-state index in [2.05, 4.69) is 20.6 Å². The van der Waals surface area contributed by atoms with Gasteiger partial charge in [0.1, 0.15) is 5.69 Å². The summed E-state index contributed by atoms with van der Waals surface area (Å²) >= 11 is 0. The molecule has 3 heterocycles. The monoisotopic (exact) mass is 394 g/mol. The van der Waals surface area contributed by atoms with Crippen LogP contribution >= 0.6 is 0 Å². The van der Waals surface area contributed by atoms with Gasteiger partial charge in [-0.25, -0.2) is 0 Å². The van der Waals surface area contributed by atoms with Crippen LogP contribution in [0.2, 0.25) is 0 Å². The number of nitrogens with one attached hydrogen (secondary N) is 1. The summed E-state index contributed by atoms with van der Waals surface area (Å²) in [5.41, 5.74) is 1.27. The fourth-order valence-corrected chi connectivity index (χ4v) is 2.91. The van der Waals surface area contributed by atoms with Gasteiger partial charge in [0, 0.05) is 30.6 Å². The molecule has 3 amide bonds. The summed E-state index contributed by atoms with van der Waals surface area (Å²) in [6, 6.07) is 8.02. The predicted molar refractivity (Wildman–Crippen MR) is 102 cm³/mol. The molecule has 1 N–H and O–H groups in total. The van der Waals surface area contributed by atoms with Gasteiger partial charge in [-0.2, -0.15) is 5.10 Å². The summed E-state index contributed by atoms with van der Waals surface area (Å²) < 4.78 is 7.22. The molecule has 0 bridgehead atoms. The summed E-state index contributed by atoms with van der Waals surface area (Å²) in [4.78, 5) is 37.1. The van der Waals surface area contributed by atoms with Gasteiger partial charge in [0.2, 0.25) is 11.8 Å². The molecular weight excluding hydrogens is 376 g/mol. The van der Waals surface area contributed by atoms with E-state index in [4.69, 9.17) is 4.42 Å². The average Bonchev–Trinajstić information content (AvgIpc) is 3.42. The third-order valence-electron chi connectivity index (χ3n) is 4.44. The van der Waals surface area contributed by atoms with E-state index in [-0.39, 0.29) is 42.6 Å². The van der Waals surface area contributed by atoms with Crippen molar-refractivity contribution in [1.82, 2.24) is 20.0 Å². The Kier molecular flexibility index (Phi) is 4.67. The first-order valence-corrected chi connectivity index (χ1v) is 9.08. The van der Waals surface area contributed by atoms with Crippen LogP contribution in [0.15, 0.2) is 40.9 Å². The Morgan fingerprint density at radius 2 is 1.76 bits per heavy atom. The quantitative estimate of drug-likeness (QED) is 0.659. The molecule has 1 fully saturated rings. The molecule has 10 nitrogen and oxygen atoms in total. The van der Waals surface area contributed by atoms with Crippen LogP contribution in [0.4, 0.5) is 11.7 Å². The van der Waals surface area contributed by atoms with Crippen LogP contribution in [0.25, 0.3) is 11.6 Å². The molecule has 2 aromatic heterocycles. The largest absolute Gasteiger partial charge is 0.401 e. The molecule has 1 aromatic carbocycles. The fraction of sp³-hybridized carbons (Fsp3) is 0.263. The van der Waals surface area contributed by atoms with Crippen molar-refractivity contribution in [3.63, 3.8) is 0 Å². The first-order valence-electron chi connectivity index (χ1n) is 9.08. The molecule has 4 rings (SSSR count). The second-order valence-corrected chi connectivity index (χ2v) is 6.81. The molecule has 0 radical (unpaired) electrons. The first-order chi connectivity index (χ1) is 13.9. The number of anilines is 2. The zero-order valence-electron chi connectivity index (χ0n) is 15.8. The van der Waals surface area contributed by atoms with Crippen LogP contribution in [0, 0.1) is 0 Å². The summed E-state index contributed by atoms with van der Waals surface area (Å²) in [6.45, 7) is 3.99. The minimum absolute atomic E-state index is 0.0573. The number of imide groups is 1. The zero-order chi connectivity index (χ0) is 20.5. The average molecular weight is 394 g/mol. The van der Waals surface area contributed by atoms with Crippen molar-refractivity contribution in [3.8, 4) is 11.6 Å². The van der Waals surface area contributed by atoms with Gasteiger partial charge in [0.15, 0.2) is 0 Å². The number of hydrogen-bond acceptors (Lipinski definition) is 7. The molecule has 0 unspecified atom stereocenters. The van der Waals surface area contributed by atoms with E-state index in [1.54, 1.807) is 29.1 Å². The summed E-state index contributed by atoms with van der Waals surface area (Å²) in [6.07, 6.45) is 2.21. The highest BCUT2D eigenvalue weighted by atomic mass is 16.4. The highest BCUT2D eigenvalue weighted by molar-refractivity contribution is 6.20. The lowest BCUT2D eigenvalue weighted by Gasteiger charge is -2.13. The molecule has 0 saturated carbocycles. The van der Waals surface area contributed by atoms with Crippen molar-refractivity contribution in [2.24, 2.45) is 0 Å². The van der Waals surface area contributed by atoms with Gasteiger partial charge in [-0.3, -0.25) is 29.3 Å². The highest BCUT2D eigenvalue weighted by Gasteiger charge is 2.30. The molecule has 0 atom stereocenters. The lowest BCUT2D eigenvalue weighted by atomic mass is 10.2. The molecule has 1 aliphatic heterocycles. The number of rotatable bonds is 5. The van der Waals surface area contributed by atoms with Gasteiger partial charge in [0.25, 0.3) is 11.8 Å². The fourth-order valence-electron chi connectivity index (χ4n) is 2.91. The Bertz CT molecular complexity index is 1070. The Morgan fingerprint density at radius 3 is 2.38 bits per heavy atom. The third-order valence-corrected chi connectivity index (χ3v) is 4.44. The minimum atomic E-state index is -0.460. The summed E-state index contributed by atoms with van der Waals surface area (Å²) in [7, 11) is 0. The zero-order valence-corrected chi connectivity index (χ0v) is 15.8. The van der Waals surface area contributed by atoms with Crippen LogP contribution < -0.4 is 10.2 Å². The first kappa shape index (κ1) is 18.5. The van der Waals surface area contributed by atoms with Gasteiger partial charge in [-0.05, 0) is 44.2 Å². The predicted octanol–water partition coefficient (Wildman–Crippen LogP) is 2.42. The van der Waals surface area contributed by atoms with E-state index in [9.17, 15) is 14.4 Å². The van der Waals surface area contributed by atoms with E-state index >= 15 is 0 Å². The molecule has 148 valence electrons. The number of carbonyl (C=O) groups excluding carboxylic acids is 3. The lowest BCUT2D eigenvalue weighted by molar-refractivity contribution is -0.121. The van der Waals surface area contributed by atoms with Crippen molar-refractivity contribution in [1.29, 1.82) is 0 Å². The SMILES string of the molecule is CC(C)n1ccc(-c2nnc(NC(=O)c3ccc(N4C(=O)CCC4=O)cc3)o2)n1. The smallest absolute Gasteiger partial charge is 0.322 e. The summed E-state index contributed by atoms with van der Waals surface area (Å²) in [5, 5.41) is 14.6. The van der Waals surface area contributed by atoms with Crippen molar-refractivity contribution in [3.05, 3.63) is 42.1 Å². The van der Waals surface area contributed by atoms with Crippen molar-refractivity contribution in [2.75, 3.05) is 10.2 Å². The van der Waals surface area contributed by atoms with Crippen molar-refractivity contribution < 1.29 is 18.8 Å². The number of amides is 3. The van der Waals surface area contributed by atoms with E-state index in [0.717, 1.165) is 4.90 Å². The molecule has 0 aliphatic carbocycles. The minimum Gasteiger partial charge on any atom is -0.401 e. The number of carbonyl (C=O) groups is 3. The van der Waals surface area contributed by atoms with Crippen molar-refractivity contribution >= 4 is 29.4 Å². The van der Waals surface area contributed by atoms with E-state index in [0.29, 0.717) is 16.9 Å². The number of benzene rings is 1. The molecule has 1 aliphatic rings. The standard InChI is InChI=1S/C19H18N6O4/c1-11(2)24-10-9-14(23-24)18-21-22-19(29-18)20-17(28)12-3-5-13(6-4-12)25-15(26)7-8-16(25)27/h3-6,9-11H,7-8H2,1-2H3,(H,20,22,28). The van der Waals surface area contributed by atoms with Gasteiger partial charge >= 0.3 is 6.01 Å². The van der Waals surface area contributed by atoms with Crippen LogP contribution in [0.5, 0.6) is 0 Å². The number of nitrogens with zero attached hydrogens (tertiary/aromatic N) is 5. The summed E-state index contributed by atoms with van der Waals surface area (Å²) in [5.74, 6) is -0.754. The van der Waals surface area contributed by atoms with Gasteiger partial charge in [-0.15, -0.1) is 5.10 Å². The molecule has 29 heavy (non-hydrogen) atoms. The maximum atomic E-state index is 12.4. The molecule has 0 spiro atoms. The Hall–Kier alpha value is -3.82. The van der Waals surface area contributed by atoms with Crippen LogP contribution in [-0.2, 0) is 9.59 Å². The molecular formula is C19H18N6O4. The molecule has 3 aromatic rings. The van der Waals surface area contributed by atoms with Crippen LogP contribution in [0.1, 0.15) is 43.1 Å². The van der Waals surface area contributed by atoms with E-state index in [1.807, 2.05) is 13.8 Å². The Labute approximate surface area is 165 Å². The van der Waals surface area contributed by atoms with Gasteiger partial charge in [0.05, 0.1) is 5.69 Å². The topological polar surface area (TPSA) is 123 Å². The highest BCUT2D eigenvalue weighted by Crippen LogP contribution is 2.23. The normalized spacial score (nSPS) is 14.1. The van der Waals surface area contributed by atoms with Gasteiger partial charge in [-0.1, -0.05) is 5.10 Å². The maximum Gasteiger partial charge on any atom is 0.322 e. The third kappa shape index (κ3) is 3.64. The second-order valence-electron chi connectivity index (χ2n) is 6.81.